The highest BCUT2D eigenvalue weighted by atomic mass is 79.9. The first-order chi connectivity index (χ1) is 24.4. The van der Waals surface area contributed by atoms with Crippen LogP contribution >= 0.6 is 15.9 Å². The number of esters is 2. The summed E-state index contributed by atoms with van der Waals surface area (Å²) in [5.41, 5.74) is -0.229. The molecular weight excluding hydrogens is 736 g/mol. The lowest BCUT2D eigenvalue weighted by Crippen LogP contribution is -2.54. The summed E-state index contributed by atoms with van der Waals surface area (Å²) >= 11 is 3.52. The van der Waals surface area contributed by atoms with E-state index in [9.17, 15) is 24.0 Å². The summed E-state index contributed by atoms with van der Waals surface area (Å²) in [6.07, 6.45) is -0.0469. The van der Waals surface area contributed by atoms with E-state index in [2.05, 4.69) is 31.9 Å². The first-order valence-electron chi connectivity index (χ1n) is 16.9. The molecule has 0 bridgehead atoms. The van der Waals surface area contributed by atoms with Crippen LogP contribution in [-0.4, -0.2) is 79.8 Å². The number of fused-ring (bicyclic) bond motifs is 2. The zero-order valence-corrected chi connectivity index (χ0v) is 32.4. The maximum Gasteiger partial charge on any atom is 0.320 e. The molecule has 14 heteroatoms. The van der Waals surface area contributed by atoms with Crippen molar-refractivity contribution in [1.82, 2.24) is 16.0 Å². The largest absolute Gasteiger partial charge is 0.496 e. The molecule has 0 saturated heterocycles. The lowest BCUT2D eigenvalue weighted by atomic mass is 10.0. The Morgan fingerprint density at radius 2 is 1.67 bits per heavy atom. The van der Waals surface area contributed by atoms with Crippen molar-refractivity contribution in [2.24, 2.45) is 0 Å². The number of hydrogen-bond acceptors (Lipinski definition) is 10. The third-order valence-electron chi connectivity index (χ3n) is 7.79. The van der Waals surface area contributed by atoms with Crippen molar-refractivity contribution in [3.05, 3.63) is 64.1 Å². The Morgan fingerprint density at radius 1 is 0.981 bits per heavy atom. The van der Waals surface area contributed by atoms with Crippen LogP contribution in [0.1, 0.15) is 70.8 Å². The molecule has 0 unspecified atom stereocenters. The van der Waals surface area contributed by atoms with Gasteiger partial charge in [0.25, 0.3) is 11.8 Å². The molecule has 2 atom stereocenters. The van der Waals surface area contributed by atoms with Crippen LogP contribution in [0.4, 0.5) is 5.69 Å². The standard InChI is InChI=1S/C38H47BrN4O9/c1-22(41-19-32(45)52-38(5,6)7)34(46)42-28-21-50-33-26(35(47)40-17-16-31(44)51-37(2,3)4)10-9-11-29(33)43(36(28)48)20-27-25-14-13-24(39)18-23(25)12-15-30(27)49-8/h9-15,18,22,28,41H,16-17,19-21H2,1-8H3,(H,40,47)(H,42,46)/t22-,28-/m0/s1. The molecule has 0 spiro atoms. The van der Waals surface area contributed by atoms with Crippen LogP contribution in [0.3, 0.4) is 0 Å². The molecule has 3 aromatic rings. The fraction of sp³-hybridized carbons (Fsp3) is 0.447. The Labute approximate surface area is 312 Å². The van der Waals surface area contributed by atoms with Crippen molar-refractivity contribution in [2.45, 2.75) is 84.7 Å². The van der Waals surface area contributed by atoms with Crippen LogP contribution in [0.5, 0.6) is 11.5 Å². The minimum Gasteiger partial charge on any atom is -0.496 e. The lowest BCUT2D eigenvalue weighted by molar-refractivity contribution is -0.155. The van der Waals surface area contributed by atoms with Gasteiger partial charge in [-0.25, -0.2) is 0 Å². The van der Waals surface area contributed by atoms with Crippen molar-refractivity contribution in [2.75, 3.05) is 31.7 Å². The second-order valence-corrected chi connectivity index (χ2v) is 15.3. The molecule has 4 rings (SSSR count). The van der Waals surface area contributed by atoms with Crippen molar-refractivity contribution in [3.8, 4) is 11.5 Å². The zero-order chi connectivity index (χ0) is 38.4. The molecule has 0 saturated carbocycles. The van der Waals surface area contributed by atoms with Crippen LogP contribution in [0.2, 0.25) is 0 Å². The maximum absolute atomic E-state index is 14.5. The summed E-state index contributed by atoms with van der Waals surface area (Å²) in [5, 5.41) is 10.1. The first kappa shape index (κ1) is 40.1. The molecule has 0 fully saturated rings. The number of halogens is 1. The van der Waals surface area contributed by atoms with Gasteiger partial charge in [0.05, 0.1) is 43.9 Å². The number of benzene rings is 3. The van der Waals surface area contributed by atoms with Crippen LogP contribution in [0, 0.1) is 0 Å². The first-order valence-corrected chi connectivity index (χ1v) is 17.7. The van der Waals surface area contributed by atoms with Crippen LogP contribution in [0.15, 0.2) is 53.0 Å². The van der Waals surface area contributed by atoms with Crippen LogP contribution in [0.25, 0.3) is 10.8 Å². The molecule has 52 heavy (non-hydrogen) atoms. The zero-order valence-electron chi connectivity index (χ0n) is 30.8. The molecule has 0 radical (unpaired) electrons. The molecule has 3 aromatic carbocycles. The average molecular weight is 784 g/mol. The van der Waals surface area contributed by atoms with Gasteiger partial charge in [-0.2, -0.15) is 0 Å². The maximum atomic E-state index is 14.5. The minimum absolute atomic E-state index is 0.000126. The predicted octanol–water partition coefficient (Wildman–Crippen LogP) is 4.80. The number of rotatable bonds is 12. The summed E-state index contributed by atoms with van der Waals surface area (Å²) in [4.78, 5) is 67.3. The highest BCUT2D eigenvalue weighted by molar-refractivity contribution is 9.10. The molecule has 280 valence electrons. The van der Waals surface area contributed by atoms with Crippen molar-refractivity contribution in [1.29, 1.82) is 0 Å². The number of ether oxygens (including phenoxy) is 4. The number of nitrogens with one attached hydrogen (secondary N) is 3. The fourth-order valence-electron chi connectivity index (χ4n) is 5.51. The number of para-hydroxylation sites is 1. The summed E-state index contributed by atoms with van der Waals surface area (Å²) in [6, 6.07) is 12.3. The molecule has 0 aliphatic carbocycles. The Morgan fingerprint density at radius 3 is 2.35 bits per heavy atom. The molecule has 1 aliphatic rings. The normalized spacial score (nSPS) is 15.1. The number of hydrogen-bond donors (Lipinski definition) is 3. The molecule has 3 N–H and O–H groups in total. The van der Waals surface area contributed by atoms with Gasteiger partial charge in [0.2, 0.25) is 5.91 Å². The fourth-order valence-corrected chi connectivity index (χ4v) is 5.88. The smallest absolute Gasteiger partial charge is 0.320 e. The number of carbonyl (C=O) groups is 5. The summed E-state index contributed by atoms with van der Waals surface area (Å²) in [6.45, 7) is 11.6. The Bertz CT molecular complexity index is 1830. The van der Waals surface area contributed by atoms with Gasteiger partial charge < -0.3 is 34.5 Å². The highest BCUT2D eigenvalue weighted by Gasteiger charge is 2.36. The Kier molecular flexibility index (Phi) is 12.9. The van der Waals surface area contributed by atoms with Gasteiger partial charge >= 0.3 is 11.9 Å². The number of methoxy groups -OCH3 is 1. The Hall–Kier alpha value is -4.69. The topological polar surface area (TPSA) is 162 Å². The van der Waals surface area contributed by atoms with E-state index in [1.807, 2.05) is 30.3 Å². The lowest BCUT2D eigenvalue weighted by Gasteiger charge is -2.27. The summed E-state index contributed by atoms with van der Waals surface area (Å²) < 4.78 is 23.4. The van der Waals surface area contributed by atoms with E-state index >= 15 is 0 Å². The molecular formula is C38H47BrN4O9. The van der Waals surface area contributed by atoms with E-state index in [1.54, 1.807) is 73.8 Å². The van der Waals surface area contributed by atoms with E-state index in [0.29, 0.717) is 17.0 Å². The highest BCUT2D eigenvalue weighted by Crippen LogP contribution is 2.38. The van der Waals surface area contributed by atoms with Gasteiger partial charge in [0.15, 0.2) is 5.75 Å². The monoisotopic (exact) mass is 782 g/mol. The second kappa shape index (κ2) is 16.8. The van der Waals surface area contributed by atoms with Gasteiger partial charge in [-0.05, 0) is 89.6 Å². The molecule has 13 nitrogen and oxygen atoms in total. The molecule has 0 aromatic heterocycles. The predicted molar refractivity (Wildman–Crippen MR) is 199 cm³/mol. The van der Waals surface area contributed by atoms with Crippen LogP contribution < -0.4 is 30.3 Å². The van der Waals surface area contributed by atoms with Crippen LogP contribution in [-0.2, 0) is 35.2 Å². The average Bonchev–Trinajstić information content (AvgIpc) is 3.17. The second-order valence-electron chi connectivity index (χ2n) is 14.3. The quantitative estimate of drug-likeness (QED) is 0.218. The van der Waals surface area contributed by atoms with Crippen molar-refractivity contribution >= 4 is 62.0 Å². The van der Waals surface area contributed by atoms with E-state index in [-0.39, 0.29) is 44.0 Å². The summed E-state index contributed by atoms with van der Waals surface area (Å²) in [7, 11) is 1.54. The van der Waals surface area contributed by atoms with Crippen molar-refractivity contribution in [3.63, 3.8) is 0 Å². The van der Waals surface area contributed by atoms with Gasteiger partial charge in [-0.1, -0.05) is 34.1 Å². The number of nitrogens with zero attached hydrogens (tertiary/aromatic N) is 1. The third-order valence-corrected chi connectivity index (χ3v) is 8.29. The number of carbonyl (C=O) groups excluding carboxylic acids is 5. The van der Waals surface area contributed by atoms with E-state index < -0.39 is 52.9 Å². The van der Waals surface area contributed by atoms with E-state index in [0.717, 1.165) is 15.2 Å². The third kappa shape index (κ3) is 10.7. The van der Waals surface area contributed by atoms with E-state index in [1.165, 1.54) is 4.90 Å². The number of amides is 3. The van der Waals surface area contributed by atoms with Gasteiger partial charge in [0, 0.05) is 16.6 Å². The van der Waals surface area contributed by atoms with Crippen molar-refractivity contribution < 1.29 is 42.9 Å². The molecule has 1 aliphatic heterocycles. The molecule has 1 heterocycles. The van der Waals surface area contributed by atoms with Gasteiger partial charge in [0.1, 0.15) is 29.6 Å². The summed E-state index contributed by atoms with van der Waals surface area (Å²) in [5.74, 6) is -1.91. The minimum atomic E-state index is -1.18. The molecule has 3 amide bonds. The van der Waals surface area contributed by atoms with Gasteiger partial charge in [-0.15, -0.1) is 0 Å². The Balaban J connectivity index is 1.66. The SMILES string of the molecule is COc1ccc2cc(Br)ccc2c1CN1C(=O)[C@@H](NC(=O)[C@H](C)NCC(=O)OC(C)(C)C)COc2c(C(=O)NCCC(=O)OC(C)(C)C)cccc21. The van der Waals surface area contributed by atoms with E-state index in [4.69, 9.17) is 18.9 Å². The number of anilines is 1. The van der Waals surface area contributed by atoms with Gasteiger partial charge in [-0.3, -0.25) is 29.3 Å².